The molecule has 3 aromatic carbocycles. The molecule has 14 heteroatoms. The SMILES string of the molecule is CC(=O)OCC1OC(Br)C(OC(C)=O)C(OCc2ccccc2)C1C.CC(=O)OCC1OC(OCc2ccccc2)C(OC(C)=O)C(OCc2ccccc2)C1C. The van der Waals surface area contributed by atoms with Crippen molar-refractivity contribution < 1.29 is 61.8 Å². The molecule has 2 aliphatic heterocycles. The van der Waals surface area contributed by atoms with E-state index in [1.807, 2.05) is 105 Å². The minimum Gasteiger partial charge on any atom is -0.463 e. The molecule has 0 spiro atoms. The van der Waals surface area contributed by atoms with E-state index >= 15 is 0 Å². The van der Waals surface area contributed by atoms with E-state index in [4.69, 9.17) is 42.6 Å². The molecule has 0 bridgehead atoms. The zero-order valence-electron chi connectivity index (χ0n) is 33.2. The third-order valence-corrected chi connectivity index (χ3v) is 10.1. The van der Waals surface area contributed by atoms with E-state index < -0.39 is 59.7 Å². The minimum absolute atomic E-state index is 0.0552. The molecule has 2 aliphatic rings. The van der Waals surface area contributed by atoms with E-state index in [1.165, 1.54) is 27.7 Å². The molecule has 13 nitrogen and oxygen atoms in total. The quantitative estimate of drug-likeness (QED) is 0.0935. The van der Waals surface area contributed by atoms with Crippen molar-refractivity contribution in [1.82, 2.24) is 0 Å². The van der Waals surface area contributed by atoms with Crippen LogP contribution in [0.2, 0.25) is 0 Å². The number of esters is 4. The molecule has 2 heterocycles. The topological polar surface area (TPSA) is 151 Å². The molecule has 0 aromatic heterocycles. The van der Waals surface area contributed by atoms with E-state index in [2.05, 4.69) is 15.9 Å². The first kappa shape index (κ1) is 45.5. The van der Waals surface area contributed by atoms with Gasteiger partial charge in [0.2, 0.25) is 0 Å². The van der Waals surface area contributed by atoms with Crippen molar-refractivity contribution in [3.8, 4) is 0 Å². The first-order valence-corrected chi connectivity index (χ1v) is 19.8. The maximum absolute atomic E-state index is 11.9. The summed E-state index contributed by atoms with van der Waals surface area (Å²) in [6.07, 6.45) is -4.00. The Hall–Kier alpha value is -4.18. The van der Waals surface area contributed by atoms with Gasteiger partial charge in [0.05, 0.1) is 25.9 Å². The number of halogens is 1. The van der Waals surface area contributed by atoms with Gasteiger partial charge < -0.3 is 42.6 Å². The molecule has 2 fully saturated rings. The molecular weight excluding hydrogens is 804 g/mol. The standard InChI is InChI=1S/C25H30O7.C18H23BrO6/c1-17-22(16-28-18(2)26)32-25(30-15-21-12-8-5-9-13-21)24(31-19(3)27)23(17)29-14-20-10-6-4-7-11-20;1-11-15(10-22-12(2)20)25-18(19)17(24-13(3)21)16(11)23-9-14-7-5-4-6-8-14/h4-13,17,22-25H,14-16H2,1-3H3;4-8,11,15-18H,9-10H2,1-3H3. The third kappa shape index (κ3) is 14.9. The second kappa shape index (κ2) is 23.3. The first-order valence-electron chi connectivity index (χ1n) is 18.8. The van der Waals surface area contributed by atoms with Crippen LogP contribution in [0.15, 0.2) is 91.0 Å². The first-order chi connectivity index (χ1) is 27.3. The molecule has 310 valence electrons. The van der Waals surface area contributed by atoms with E-state index in [1.54, 1.807) is 0 Å². The summed E-state index contributed by atoms with van der Waals surface area (Å²) >= 11 is 3.40. The van der Waals surface area contributed by atoms with Crippen LogP contribution < -0.4 is 0 Å². The number of benzene rings is 3. The fourth-order valence-corrected chi connectivity index (χ4v) is 7.07. The fraction of sp³-hybridized carbons (Fsp3) is 0.488. The lowest BCUT2D eigenvalue weighted by molar-refractivity contribution is -0.303. The second-order valence-corrected chi connectivity index (χ2v) is 14.8. The summed E-state index contributed by atoms with van der Waals surface area (Å²) in [4.78, 5) is 45.8. The zero-order chi connectivity index (χ0) is 41.3. The zero-order valence-corrected chi connectivity index (χ0v) is 34.7. The van der Waals surface area contributed by atoms with Crippen LogP contribution in [0.3, 0.4) is 0 Å². The third-order valence-electron chi connectivity index (χ3n) is 9.33. The molecule has 57 heavy (non-hydrogen) atoms. The van der Waals surface area contributed by atoms with Gasteiger partial charge in [-0.15, -0.1) is 0 Å². The number of hydrogen-bond acceptors (Lipinski definition) is 13. The Kier molecular flexibility index (Phi) is 18.6. The molecule has 3 aromatic rings. The molecule has 5 rings (SSSR count). The average Bonchev–Trinajstić information content (AvgIpc) is 3.18. The van der Waals surface area contributed by atoms with Gasteiger partial charge in [0, 0.05) is 39.5 Å². The predicted molar refractivity (Wildman–Crippen MR) is 210 cm³/mol. The molecule has 0 saturated carbocycles. The summed E-state index contributed by atoms with van der Waals surface area (Å²) in [5.41, 5.74) is 2.96. The Morgan fingerprint density at radius 2 is 0.877 bits per heavy atom. The molecule has 0 N–H and O–H groups in total. The van der Waals surface area contributed by atoms with Crippen LogP contribution in [0.1, 0.15) is 58.2 Å². The van der Waals surface area contributed by atoms with Gasteiger partial charge >= 0.3 is 23.9 Å². The van der Waals surface area contributed by atoms with Gasteiger partial charge in [0.1, 0.15) is 31.5 Å². The van der Waals surface area contributed by atoms with Gasteiger partial charge in [-0.05, 0) is 16.7 Å². The fourth-order valence-electron chi connectivity index (χ4n) is 6.39. The van der Waals surface area contributed by atoms with E-state index in [0.29, 0.717) is 13.2 Å². The largest absolute Gasteiger partial charge is 0.463 e. The van der Waals surface area contributed by atoms with Gasteiger partial charge in [-0.1, -0.05) is 121 Å². The van der Waals surface area contributed by atoms with Crippen molar-refractivity contribution in [2.45, 2.75) is 109 Å². The summed E-state index contributed by atoms with van der Waals surface area (Å²) in [6.45, 7) is 10.4. The number of rotatable bonds is 15. The Morgan fingerprint density at radius 1 is 0.509 bits per heavy atom. The van der Waals surface area contributed by atoms with Gasteiger partial charge in [0.15, 0.2) is 23.5 Å². The number of alkyl halides is 1. The lowest BCUT2D eigenvalue weighted by atomic mass is 9.90. The van der Waals surface area contributed by atoms with Gasteiger partial charge in [-0.25, -0.2) is 0 Å². The second-order valence-electron chi connectivity index (χ2n) is 13.9. The highest BCUT2D eigenvalue weighted by atomic mass is 79.9. The molecular formula is C43H53BrO13. The Labute approximate surface area is 342 Å². The summed E-state index contributed by atoms with van der Waals surface area (Å²) in [6, 6.07) is 29.1. The number of ether oxygens (including phenoxy) is 9. The van der Waals surface area contributed by atoms with Crippen LogP contribution in [0.4, 0.5) is 0 Å². The summed E-state index contributed by atoms with van der Waals surface area (Å²) in [7, 11) is 0. The molecule has 0 radical (unpaired) electrons. The summed E-state index contributed by atoms with van der Waals surface area (Å²) in [5.74, 6) is -1.99. The van der Waals surface area contributed by atoms with Crippen LogP contribution in [0.5, 0.6) is 0 Å². The van der Waals surface area contributed by atoms with Crippen molar-refractivity contribution in [1.29, 1.82) is 0 Å². The van der Waals surface area contributed by atoms with E-state index in [0.717, 1.165) is 16.7 Å². The average molecular weight is 858 g/mol. The molecule has 10 unspecified atom stereocenters. The monoisotopic (exact) mass is 856 g/mol. The van der Waals surface area contributed by atoms with Crippen molar-refractivity contribution in [2.75, 3.05) is 13.2 Å². The van der Waals surface area contributed by atoms with Crippen LogP contribution in [0.25, 0.3) is 0 Å². The minimum atomic E-state index is -0.878. The Bertz CT molecular complexity index is 1680. The molecule has 0 aliphatic carbocycles. The smallest absolute Gasteiger partial charge is 0.303 e. The van der Waals surface area contributed by atoms with Crippen molar-refractivity contribution in [3.05, 3.63) is 108 Å². The van der Waals surface area contributed by atoms with Crippen molar-refractivity contribution in [3.63, 3.8) is 0 Å². The molecule has 0 amide bonds. The highest BCUT2D eigenvalue weighted by Gasteiger charge is 2.48. The van der Waals surface area contributed by atoms with Crippen LogP contribution in [-0.2, 0) is 81.6 Å². The highest BCUT2D eigenvalue weighted by Crippen LogP contribution is 2.35. The van der Waals surface area contributed by atoms with Crippen LogP contribution in [0, 0.1) is 11.8 Å². The maximum atomic E-state index is 11.9. The lowest BCUT2D eigenvalue weighted by Gasteiger charge is -2.44. The number of carbonyl (C=O) groups excluding carboxylic acids is 4. The van der Waals surface area contributed by atoms with Crippen molar-refractivity contribution >= 4 is 39.8 Å². The van der Waals surface area contributed by atoms with Gasteiger partial charge in [-0.2, -0.15) is 0 Å². The Balaban J connectivity index is 0.000000261. The van der Waals surface area contributed by atoms with E-state index in [9.17, 15) is 19.2 Å². The van der Waals surface area contributed by atoms with Crippen molar-refractivity contribution in [2.24, 2.45) is 11.8 Å². The number of carbonyl (C=O) groups is 4. The highest BCUT2D eigenvalue weighted by molar-refractivity contribution is 9.09. The van der Waals surface area contributed by atoms with Gasteiger partial charge in [0.25, 0.3) is 0 Å². The number of hydrogen-bond donors (Lipinski definition) is 0. The molecule has 10 atom stereocenters. The van der Waals surface area contributed by atoms with Crippen LogP contribution >= 0.6 is 15.9 Å². The summed E-state index contributed by atoms with van der Waals surface area (Å²) < 4.78 is 51.6. The van der Waals surface area contributed by atoms with E-state index in [-0.39, 0.29) is 43.7 Å². The lowest BCUT2D eigenvalue weighted by Crippen LogP contribution is -2.57. The van der Waals surface area contributed by atoms with Gasteiger partial charge in [-0.3, -0.25) is 19.2 Å². The summed E-state index contributed by atoms with van der Waals surface area (Å²) in [5, 5.41) is -0.547. The Morgan fingerprint density at radius 3 is 1.28 bits per heavy atom. The predicted octanol–water partition coefficient (Wildman–Crippen LogP) is 6.47. The van der Waals surface area contributed by atoms with Crippen LogP contribution in [-0.4, -0.2) is 85.0 Å². The maximum Gasteiger partial charge on any atom is 0.303 e. The molecule has 2 saturated heterocycles. The normalized spacial score (nSPS) is 26.9.